The Kier molecular flexibility index (Phi) is 6.45. The third kappa shape index (κ3) is 5.39. The van der Waals surface area contributed by atoms with Crippen LogP contribution in [0.25, 0.3) is 0 Å². The second-order valence-electron chi connectivity index (χ2n) is 6.21. The highest BCUT2D eigenvalue weighted by Gasteiger charge is 2.26. The number of guanidine groups is 1. The van der Waals surface area contributed by atoms with Crippen molar-refractivity contribution in [2.45, 2.75) is 45.8 Å². The molecule has 0 aliphatic carbocycles. The number of aryl methyl sites for hydroxylation is 1. The number of nitrogens with zero attached hydrogens (tertiary/aromatic N) is 1. The summed E-state index contributed by atoms with van der Waals surface area (Å²) in [6.07, 6.45) is 2.50. The summed E-state index contributed by atoms with van der Waals surface area (Å²) in [5.41, 5.74) is -1.13. The maximum Gasteiger partial charge on any atom is 0.191 e. The molecule has 2 atom stereocenters. The van der Waals surface area contributed by atoms with Crippen molar-refractivity contribution < 1.29 is 9.52 Å². The summed E-state index contributed by atoms with van der Waals surface area (Å²) in [6, 6.07) is 8.09. The van der Waals surface area contributed by atoms with E-state index in [9.17, 15) is 5.11 Å². The molecular weight excluding hydrogens is 322 g/mol. The fourth-order valence-electron chi connectivity index (χ4n) is 2.40. The molecule has 2 rings (SSSR count). The summed E-state index contributed by atoms with van der Waals surface area (Å²) in [4.78, 5) is 7.19. The number of aliphatic hydroxyl groups is 1. The highest BCUT2D eigenvalue weighted by atomic mass is 32.1. The number of aliphatic imine (C=N–C) groups is 1. The van der Waals surface area contributed by atoms with Crippen LogP contribution >= 0.6 is 11.3 Å². The fraction of sp³-hybridized carbons (Fsp3) is 0.500. The molecule has 2 unspecified atom stereocenters. The van der Waals surface area contributed by atoms with Gasteiger partial charge in [-0.15, -0.1) is 11.3 Å². The van der Waals surface area contributed by atoms with E-state index in [1.807, 2.05) is 18.3 Å². The van der Waals surface area contributed by atoms with Crippen molar-refractivity contribution >= 4 is 17.3 Å². The Bertz CT molecular complexity index is 647. The minimum absolute atomic E-state index is 0.223. The molecule has 0 amide bonds. The summed E-state index contributed by atoms with van der Waals surface area (Å²) < 4.78 is 5.29. The van der Waals surface area contributed by atoms with E-state index >= 15 is 0 Å². The van der Waals surface area contributed by atoms with Crippen LogP contribution in [0.2, 0.25) is 0 Å². The van der Waals surface area contributed by atoms with Crippen LogP contribution in [0.4, 0.5) is 0 Å². The van der Waals surface area contributed by atoms with Crippen LogP contribution in [0.5, 0.6) is 0 Å². The lowest BCUT2D eigenvalue weighted by atomic mass is 10.0. The Morgan fingerprint density at radius 3 is 2.79 bits per heavy atom. The van der Waals surface area contributed by atoms with Crippen LogP contribution in [0, 0.1) is 6.92 Å². The topological polar surface area (TPSA) is 69.8 Å². The smallest absolute Gasteiger partial charge is 0.191 e. The van der Waals surface area contributed by atoms with Gasteiger partial charge in [0.25, 0.3) is 0 Å². The fourth-order valence-corrected chi connectivity index (χ4v) is 3.42. The van der Waals surface area contributed by atoms with E-state index in [1.165, 1.54) is 9.75 Å². The van der Waals surface area contributed by atoms with Gasteiger partial charge in [-0.3, -0.25) is 0 Å². The van der Waals surface area contributed by atoms with Crippen molar-refractivity contribution in [3.63, 3.8) is 0 Å². The lowest BCUT2D eigenvalue weighted by molar-refractivity contribution is 0.0437. The molecule has 24 heavy (non-hydrogen) atoms. The van der Waals surface area contributed by atoms with Gasteiger partial charge in [0.15, 0.2) is 5.96 Å². The molecule has 0 fully saturated rings. The third-order valence-corrected chi connectivity index (χ3v) is 4.65. The van der Waals surface area contributed by atoms with Crippen molar-refractivity contribution in [2.24, 2.45) is 4.99 Å². The number of hydrogen-bond acceptors (Lipinski definition) is 4. The second kappa shape index (κ2) is 8.35. The highest BCUT2D eigenvalue weighted by Crippen LogP contribution is 2.21. The Balaban J connectivity index is 1.97. The standard InChI is InChI=1S/C18H27N3O2S/c1-5-19-17(20-12-18(4,22)16-7-6-10-23-16)21-13(2)11-15-9-8-14(3)24-15/h6-10,13,22H,5,11-12H2,1-4H3,(H2,19,20,21). The average molecular weight is 350 g/mol. The van der Waals surface area contributed by atoms with Gasteiger partial charge in [-0.2, -0.15) is 0 Å². The van der Waals surface area contributed by atoms with Crippen LogP contribution in [-0.2, 0) is 12.0 Å². The average Bonchev–Trinajstić information content (AvgIpc) is 3.17. The zero-order valence-electron chi connectivity index (χ0n) is 14.8. The highest BCUT2D eigenvalue weighted by molar-refractivity contribution is 7.11. The summed E-state index contributed by atoms with van der Waals surface area (Å²) >= 11 is 1.82. The lowest BCUT2D eigenvalue weighted by Gasteiger charge is -2.21. The molecular formula is C18H27N3O2S. The van der Waals surface area contributed by atoms with Crippen LogP contribution in [-0.4, -0.2) is 30.2 Å². The van der Waals surface area contributed by atoms with E-state index < -0.39 is 5.60 Å². The van der Waals surface area contributed by atoms with Gasteiger partial charge in [0.2, 0.25) is 0 Å². The van der Waals surface area contributed by atoms with E-state index in [1.54, 1.807) is 25.3 Å². The van der Waals surface area contributed by atoms with E-state index in [0.29, 0.717) is 11.7 Å². The Labute approximate surface area is 147 Å². The maximum atomic E-state index is 10.5. The molecule has 2 heterocycles. The summed E-state index contributed by atoms with van der Waals surface area (Å²) in [5, 5.41) is 17.1. The summed E-state index contributed by atoms with van der Waals surface area (Å²) in [5.74, 6) is 1.22. The quantitative estimate of drug-likeness (QED) is 0.531. The molecule has 2 aromatic rings. The van der Waals surface area contributed by atoms with E-state index in [4.69, 9.17) is 4.42 Å². The van der Waals surface area contributed by atoms with Crippen LogP contribution < -0.4 is 10.6 Å². The van der Waals surface area contributed by atoms with Gasteiger partial charge < -0.3 is 20.2 Å². The summed E-state index contributed by atoms with van der Waals surface area (Å²) in [6.45, 7) is 8.97. The molecule has 0 aliphatic heterocycles. The zero-order chi connectivity index (χ0) is 17.6. The molecule has 0 spiro atoms. The molecule has 0 aromatic carbocycles. The number of rotatable bonds is 7. The van der Waals surface area contributed by atoms with E-state index in [0.717, 1.165) is 13.0 Å². The minimum atomic E-state index is -1.13. The first-order chi connectivity index (χ1) is 11.4. The largest absolute Gasteiger partial charge is 0.466 e. The number of nitrogens with one attached hydrogen (secondary N) is 2. The van der Waals surface area contributed by atoms with Gasteiger partial charge >= 0.3 is 0 Å². The van der Waals surface area contributed by atoms with E-state index in [-0.39, 0.29) is 12.6 Å². The SMILES string of the molecule is CCNC(=NCC(C)(O)c1ccco1)NC(C)Cc1ccc(C)s1. The maximum absolute atomic E-state index is 10.5. The third-order valence-electron chi connectivity index (χ3n) is 3.63. The predicted octanol–water partition coefficient (Wildman–Crippen LogP) is 3.04. The molecule has 6 heteroatoms. The Hall–Kier alpha value is -1.79. The molecule has 0 saturated heterocycles. The van der Waals surface area contributed by atoms with Gasteiger partial charge in [0.1, 0.15) is 11.4 Å². The first-order valence-corrected chi connectivity index (χ1v) is 9.09. The molecule has 0 bridgehead atoms. The van der Waals surface area contributed by atoms with E-state index in [2.05, 4.69) is 41.6 Å². The molecule has 0 radical (unpaired) electrons. The monoisotopic (exact) mass is 349 g/mol. The molecule has 0 saturated carbocycles. The van der Waals surface area contributed by atoms with Gasteiger partial charge in [-0.1, -0.05) is 0 Å². The molecule has 0 aliphatic rings. The lowest BCUT2D eigenvalue weighted by Crippen LogP contribution is -2.43. The van der Waals surface area contributed by atoms with Crippen molar-refractivity contribution in [3.8, 4) is 0 Å². The molecule has 3 N–H and O–H groups in total. The van der Waals surface area contributed by atoms with Crippen molar-refractivity contribution in [2.75, 3.05) is 13.1 Å². The number of furan rings is 1. The number of thiophene rings is 1. The number of hydrogen-bond donors (Lipinski definition) is 3. The Morgan fingerprint density at radius 2 is 2.21 bits per heavy atom. The van der Waals surface area contributed by atoms with Crippen molar-refractivity contribution in [1.82, 2.24) is 10.6 Å². The molecule has 5 nitrogen and oxygen atoms in total. The van der Waals surface area contributed by atoms with Gasteiger partial charge in [0.05, 0.1) is 12.8 Å². The second-order valence-corrected chi connectivity index (χ2v) is 7.58. The minimum Gasteiger partial charge on any atom is -0.466 e. The van der Waals surface area contributed by atoms with Gasteiger partial charge in [-0.25, -0.2) is 4.99 Å². The first kappa shape index (κ1) is 18.5. The summed E-state index contributed by atoms with van der Waals surface area (Å²) in [7, 11) is 0. The Morgan fingerprint density at radius 1 is 1.42 bits per heavy atom. The van der Waals surface area contributed by atoms with Crippen LogP contribution in [0.15, 0.2) is 39.9 Å². The first-order valence-electron chi connectivity index (χ1n) is 8.27. The van der Waals surface area contributed by atoms with Crippen LogP contribution in [0.3, 0.4) is 0 Å². The predicted molar refractivity (Wildman–Crippen MR) is 99.6 cm³/mol. The molecule has 132 valence electrons. The normalized spacial score (nSPS) is 15.8. The zero-order valence-corrected chi connectivity index (χ0v) is 15.6. The van der Waals surface area contributed by atoms with Gasteiger partial charge in [-0.05, 0) is 52.0 Å². The van der Waals surface area contributed by atoms with Gasteiger partial charge in [0, 0.05) is 28.8 Å². The molecule has 2 aromatic heterocycles. The van der Waals surface area contributed by atoms with Crippen molar-refractivity contribution in [3.05, 3.63) is 46.0 Å². The van der Waals surface area contributed by atoms with Crippen molar-refractivity contribution in [1.29, 1.82) is 0 Å². The van der Waals surface area contributed by atoms with Crippen LogP contribution in [0.1, 0.15) is 36.3 Å².